The Morgan fingerprint density at radius 1 is 1.19 bits per heavy atom. The summed E-state index contributed by atoms with van der Waals surface area (Å²) < 4.78 is 25.8. The predicted molar refractivity (Wildman–Crippen MR) is 112 cm³/mol. The first-order chi connectivity index (χ1) is 14.7. The standard InChI is InChI=1S/C23H28FN3O4/c1-23(2,3)31-22(29)26-11-10-19(18(24)13-26)27(17-8-9-17)21(28)16-6-4-15(5-7-16)20-12-25-14-30-20/h4-7,12,14,17-19H,8-11,13H2,1-3H3/t18-,19-/m1/s1. The van der Waals surface area contributed by atoms with Crippen molar-refractivity contribution in [2.24, 2.45) is 0 Å². The summed E-state index contributed by atoms with van der Waals surface area (Å²) in [4.78, 5) is 32.6. The molecule has 0 N–H and O–H groups in total. The molecule has 2 amide bonds. The fraction of sp³-hybridized carbons (Fsp3) is 0.522. The Hall–Kier alpha value is -2.90. The summed E-state index contributed by atoms with van der Waals surface area (Å²) in [5.74, 6) is 0.446. The van der Waals surface area contributed by atoms with Crippen molar-refractivity contribution in [1.82, 2.24) is 14.8 Å². The number of halogens is 1. The van der Waals surface area contributed by atoms with Crippen molar-refractivity contribution in [1.29, 1.82) is 0 Å². The van der Waals surface area contributed by atoms with Gasteiger partial charge in [-0.1, -0.05) is 12.1 Å². The molecule has 7 nitrogen and oxygen atoms in total. The zero-order valence-electron chi connectivity index (χ0n) is 18.1. The Balaban J connectivity index is 1.45. The highest BCUT2D eigenvalue weighted by molar-refractivity contribution is 5.95. The number of amides is 2. The van der Waals surface area contributed by atoms with E-state index in [4.69, 9.17) is 9.15 Å². The minimum Gasteiger partial charge on any atom is -0.444 e. The van der Waals surface area contributed by atoms with Gasteiger partial charge >= 0.3 is 6.09 Å². The second-order valence-corrected chi connectivity index (χ2v) is 9.19. The second kappa shape index (κ2) is 8.32. The molecule has 2 heterocycles. The minimum absolute atomic E-state index is 0.0535. The fourth-order valence-corrected chi connectivity index (χ4v) is 3.92. The number of ether oxygens (including phenoxy) is 1. The van der Waals surface area contributed by atoms with E-state index in [1.165, 1.54) is 11.3 Å². The molecule has 1 saturated carbocycles. The average Bonchev–Trinajstić information content (AvgIpc) is 3.39. The van der Waals surface area contributed by atoms with E-state index >= 15 is 4.39 Å². The quantitative estimate of drug-likeness (QED) is 0.725. The van der Waals surface area contributed by atoms with Gasteiger partial charge < -0.3 is 19.0 Å². The van der Waals surface area contributed by atoms with Crippen LogP contribution in [0.2, 0.25) is 0 Å². The van der Waals surface area contributed by atoms with Gasteiger partial charge in [0.2, 0.25) is 0 Å². The zero-order chi connectivity index (χ0) is 22.2. The number of hydrogen-bond acceptors (Lipinski definition) is 5. The topological polar surface area (TPSA) is 75.9 Å². The molecule has 2 fully saturated rings. The lowest BCUT2D eigenvalue weighted by atomic mass is 9.99. The smallest absolute Gasteiger partial charge is 0.410 e. The molecule has 31 heavy (non-hydrogen) atoms. The average molecular weight is 429 g/mol. The lowest BCUT2D eigenvalue weighted by Gasteiger charge is -2.41. The van der Waals surface area contributed by atoms with Gasteiger partial charge in [0.1, 0.15) is 11.8 Å². The van der Waals surface area contributed by atoms with Crippen LogP contribution in [0.15, 0.2) is 41.3 Å². The number of benzene rings is 1. The first-order valence-electron chi connectivity index (χ1n) is 10.7. The molecule has 1 aromatic heterocycles. The SMILES string of the molecule is CC(C)(C)OC(=O)N1CC[C@@H](N(C(=O)c2ccc(-c3cnco3)cc2)C2CC2)[C@H](F)C1. The van der Waals surface area contributed by atoms with Gasteiger partial charge in [-0.05, 0) is 52.2 Å². The summed E-state index contributed by atoms with van der Waals surface area (Å²) in [6, 6.07) is 6.58. The van der Waals surface area contributed by atoms with Crippen LogP contribution in [-0.4, -0.2) is 63.7 Å². The third-order valence-electron chi connectivity index (χ3n) is 5.54. The number of nitrogens with zero attached hydrogens (tertiary/aromatic N) is 3. The van der Waals surface area contributed by atoms with Gasteiger partial charge in [-0.25, -0.2) is 14.2 Å². The van der Waals surface area contributed by atoms with Crippen molar-refractivity contribution in [2.75, 3.05) is 13.1 Å². The van der Waals surface area contributed by atoms with Crippen LogP contribution in [0.1, 0.15) is 50.4 Å². The number of carbonyl (C=O) groups is 2. The third kappa shape index (κ3) is 4.89. The minimum atomic E-state index is -1.32. The van der Waals surface area contributed by atoms with E-state index < -0.39 is 23.9 Å². The molecule has 166 valence electrons. The van der Waals surface area contributed by atoms with Gasteiger partial charge in [0.25, 0.3) is 5.91 Å². The summed E-state index contributed by atoms with van der Waals surface area (Å²) in [6.07, 6.45) is 3.27. The van der Waals surface area contributed by atoms with E-state index in [0.717, 1.165) is 18.4 Å². The molecule has 8 heteroatoms. The molecule has 1 aromatic carbocycles. The van der Waals surface area contributed by atoms with Gasteiger partial charge in [0, 0.05) is 23.7 Å². The maximum atomic E-state index is 15.2. The van der Waals surface area contributed by atoms with Crippen molar-refractivity contribution in [3.8, 4) is 11.3 Å². The maximum Gasteiger partial charge on any atom is 0.410 e. The lowest BCUT2D eigenvalue weighted by molar-refractivity contribution is -0.00432. The zero-order valence-corrected chi connectivity index (χ0v) is 18.1. The Labute approximate surface area is 181 Å². The van der Waals surface area contributed by atoms with E-state index in [2.05, 4.69) is 4.98 Å². The molecule has 0 spiro atoms. The van der Waals surface area contributed by atoms with Crippen LogP contribution in [0.3, 0.4) is 0 Å². The van der Waals surface area contributed by atoms with Crippen LogP contribution in [0.4, 0.5) is 9.18 Å². The molecule has 1 saturated heterocycles. The number of alkyl halides is 1. The van der Waals surface area contributed by atoms with Crippen molar-refractivity contribution in [3.63, 3.8) is 0 Å². The Morgan fingerprint density at radius 2 is 1.90 bits per heavy atom. The molecule has 2 atom stereocenters. The molecule has 1 aliphatic carbocycles. The van der Waals surface area contributed by atoms with Crippen LogP contribution in [0.5, 0.6) is 0 Å². The van der Waals surface area contributed by atoms with Crippen molar-refractivity contribution in [2.45, 2.75) is 63.9 Å². The summed E-state index contributed by atoms with van der Waals surface area (Å²) in [7, 11) is 0. The number of hydrogen-bond donors (Lipinski definition) is 0. The number of carbonyl (C=O) groups excluding carboxylic acids is 2. The van der Waals surface area contributed by atoms with Crippen molar-refractivity contribution in [3.05, 3.63) is 42.4 Å². The monoisotopic (exact) mass is 429 g/mol. The van der Waals surface area contributed by atoms with Crippen LogP contribution in [0, 0.1) is 0 Å². The Bertz CT molecular complexity index is 919. The van der Waals surface area contributed by atoms with Gasteiger partial charge in [0.05, 0.1) is 18.8 Å². The van der Waals surface area contributed by atoms with Crippen LogP contribution < -0.4 is 0 Å². The van der Waals surface area contributed by atoms with Crippen LogP contribution >= 0.6 is 0 Å². The number of likely N-dealkylation sites (tertiary alicyclic amines) is 1. The molecule has 0 unspecified atom stereocenters. The van der Waals surface area contributed by atoms with E-state index in [0.29, 0.717) is 24.3 Å². The molecule has 4 rings (SSSR count). The highest BCUT2D eigenvalue weighted by atomic mass is 19.1. The summed E-state index contributed by atoms with van der Waals surface area (Å²) in [5, 5.41) is 0. The molecular weight excluding hydrogens is 401 g/mol. The number of aromatic nitrogens is 1. The number of rotatable bonds is 4. The van der Waals surface area contributed by atoms with Crippen LogP contribution in [0.25, 0.3) is 11.3 Å². The van der Waals surface area contributed by atoms with Crippen molar-refractivity contribution >= 4 is 12.0 Å². The van der Waals surface area contributed by atoms with E-state index in [1.807, 2.05) is 0 Å². The van der Waals surface area contributed by atoms with Gasteiger partial charge in [-0.3, -0.25) is 4.79 Å². The van der Waals surface area contributed by atoms with E-state index in [9.17, 15) is 9.59 Å². The van der Waals surface area contributed by atoms with Gasteiger partial charge in [-0.2, -0.15) is 0 Å². The lowest BCUT2D eigenvalue weighted by Crippen LogP contribution is -2.56. The first-order valence-corrected chi connectivity index (χ1v) is 10.7. The summed E-state index contributed by atoms with van der Waals surface area (Å²) >= 11 is 0. The Kier molecular flexibility index (Phi) is 5.73. The molecular formula is C23H28FN3O4. The molecule has 0 bridgehead atoms. The predicted octanol–water partition coefficient (Wildman–Crippen LogP) is 4.29. The summed E-state index contributed by atoms with van der Waals surface area (Å²) in [6.45, 7) is 5.64. The van der Waals surface area contributed by atoms with E-state index in [1.54, 1.807) is 56.1 Å². The highest BCUT2D eigenvalue weighted by Gasteiger charge is 2.44. The van der Waals surface area contributed by atoms with E-state index in [-0.39, 0.29) is 18.5 Å². The summed E-state index contributed by atoms with van der Waals surface area (Å²) in [5.41, 5.74) is 0.700. The Morgan fingerprint density at radius 3 is 2.45 bits per heavy atom. The van der Waals surface area contributed by atoms with Crippen LogP contribution in [-0.2, 0) is 4.74 Å². The highest BCUT2D eigenvalue weighted by Crippen LogP contribution is 2.34. The van der Waals surface area contributed by atoms with Gasteiger partial charge in [0.15, 0.2) is 12.2 Å². The second-order valence-electron chi connectivity index (χ2n) is 9.19. The molecule has 2 aromatic rings. The fourth-order valence-electron chi connectivity index (χ4n) is 3.92. The molecule has 1 aliphatic heterocycles. The molecule has 2 aliphatic rings. The maximum absolute atomic E-state index is 15.2. The van der Waals surface area contributed by atoms with Gasteiger partial charge in [-0.15, -0.1) is 0 Å². The first kappa shape index (κ1) is 21.3. The third-order valence-corrected chi connectivity index (χ3v) is 5.54. The van der Waals surface area contributed by atoms with Crippen molar-refractivity contribution < 1.29 is 23.1 Å². The number of oxazole rings is 1. The normalized spacial score (nSPS) is 21.6. The largest absolute Gasteiger partial charge is 0.444 e. The molecule has 0 radical (unpaired) electrons. The number of piperidine rings is 1.